The van der Waals surface area contributed by atoms with Crippen molar-refractivity contribution in [3.8, 4) is 5.69 Å². The molecule has 1 aromatic carbocycles. The Kier molecular flexibility index (Phi) is 7.02. The normalized spacial score (nSPS) is 15.6. The lowest BCUT2D eigenvalue weighted by molar-refractivity contribution is -0.119. The molecule has 1 fully saturated rings. The predicted octanol–water partition coefficient (Wildman–Crippen LogP) is 3.75. The van der Waals surface area contributed by atoms with Crippen molar-refractivity contribution in [3.05, 3.63) is 42.1 Å². The smallest absolute Gasteiger partial charge is 0.229 e. The van der Waals surface area contributed by atoms with E-state index in [0.717, 1.165) is 17.2 Å². The number of amides is 1. The van der Waals surface area contributed by atoms with Gasteiger partial charge in [0.2, 0.25) is 5.91 Å². The fourth-order valence-electron chi connectivity index (χ4n) is 3.32. The van der Waals surface area contributed by atoms with E-state index in [1.807, 2.05) is 55.1 Å². The number of hydrogen-bond donors (Lipinski definition) is 2. The van der Waals surface area contributed by atoms with Crippen molar-refractivity contribution in [2.45, 2.75) is 38.5 Å². The quantitative estimate of drug-likeness (QED) is 0.822. The first-order valence-electron chi connectivity index (χ1n) is 8.80. The molecule has 0 bridgehead atoms. The highest BCUT2D eigenvalue weighted by Gasteiger charge is 2.23. The number of para-hydroxylation sites is 1. The topological polar surface area (TPSA) is 59.0 Å². The van der Waals surface area contributed by atoms with Gasteiger partial charge in [0.25, 0.3) is 0 Å². The highest BCUT2D eigenvalue weighted by molar-refractivity contribution is 5.92. The van der Waals surface area contributed by atoms with E-state index in [2.05, 4.69) is 10.6 Å². The van der Waals surface area contributed by atoms with Crippen molar-refractivity contribution in [1.82, 2.24) is 15.1 Å². The SMILES string of the molecule is CNCC(C)C(=O)Nc1cc(C2CCCC2)nn1-c1ccccc1.Cl. The number of aromatic nitrogens is 2. The van der Waals surface area contributed by atoms with Crippen LogP contribution < -0.4 is 10.6 Å². The van der Waals surface area contributed by atoms with Gasteiger partial charge < -0.3 is 10.6 Å². The number of carbonyl (C=O) groups is 1. The summed E-state index contributed by atoms with van der Waals surface area (Å²) in [6, 6.07) is 12.0. The van der Waals surface area contributed by atoms with Gasteiger partial charge in [-0.3, -0.25) is 4.79 Å². The van der Waals surface area contributed by atoms with Crippen LogP contribution in [0.5, 0.6) is 0 Å². The zero-order chi connectivity index (χ0) is 16.9. The van der Waals surface area contributed by atoms with Crippen LogP contribution in [0, 0.1) is 5.92 Å². The van der Waals surface area contributed by atoms with Crippen LogP contribution in [0.1, 0.15) is 44.2 Å². The molecule has 1 unspecified atom stereocenters. The number of carbonyl (C=O) groups excluding carboxylic acids is 1. The fourth-order valence-corrected chi connectivity index (χ4v) is 3.32. The van der Waals surface area contributed by atoms with Crippen molar-refractivity contribution < 1.29 is 4.79 Å². The average molecular weight is 363 g/mol. The maximum Gasteiger partial charge on any atom is 0.229 e. The van der Waals surface area contributed by atoms with E-state index in [1.54, 1.807) is 0 Å². The average Bonchev–Trinajstić information content (AvgIpc) is 3.25. The Hall–Kier alpha value is -1.85. The summed E-state index contributed by atoms with van der Waals surface area (Å²) >= 11 is 0. The molecule has 1 aromatic heterocycles. The van der Waals surface area contributed by atoms with Gasteiger partial charge in [-0.25, -0.2) is 4.68 Å². The van der Waals surface area contributed by atoms with E-state index >= 15 is 0 Å². The summed E-state index contributed by atoms with van der Waals surface area (Å²) in [5.74, 6) is 1.19. The minimum Gasteiger partial charge on any atom is -0.319 e. The standard InChI is InChI=1S/C19H26N4O.ClH/c1-14(13-20-2)19(24)21-18-12-17(15-8-6-7-9-15)22-23(18)16-10-4-3-5-11-16;/h3-5,10-12,14-15,20H,6-9,13H2,1-2H3,(H,21,24);1H. The van der Waals surface area contributed by atoms with Gasteiger partial charge in [-0.05, 0) is 32.0 Å². The number of nitrogens with zero attached hydrogens (tertiary/aromatic N) is 2. The first-order chi connectivity index (χ1) is 11.7. The van der Waals surface area contributed by atoms with E-state index in [-0.39, 0.29) is 24.2 Å². The summed E-state index contributed by atoms with van der Waals surface area (Å²) in [5.41, 5.74) is 2.06. The third kappa shape index (κ3) is 4.61. The second kappa shape index (κ2) is 9.02. The van der Waals surface area contributed by atoms with Crippen molar-refractivity contribution >= 4 is 24.1 Å². The van der Waals surface area contributed by atoms with Crippen LogP contribution in [0.4, 0.5) is 5.82 Å². The number of hydrogen-bond acceptors (Lipinski definition) is 3. The third-order valence-corrected chi connectivity index (χ3v) is 4.71. The molecule has 0 spiro atoms. The molecule has 5 nitrogen and oxygen atoms in total. The number of nitrogens with one attached hydrogen (secondary N) is 2. The summed E-state index contributed by atoms with van der Waals surface area (Å²) < 4.78 is 1.86. The van der Waals surface area contributed by atoms with Gasteiger partial charge in [0.15, 0.2) is 0 Å². The highest BCUT2D eigenvalue weighted by Crippen LogP contribution is 2.35. The van der Waals surface area contributed by atoms with Gasteiger partial charge >= 0.3 is 0 Å². The monoisotopic (exact) mass is 362 g/mol. The number of anilines is 1. The van der Waals surface area contributed by atoms with Gasteiger partial charge in [0.1, 0.15) is 5.82 Å². The van der Waals surface area contributed by atoms with Gasteiger partial charge in [0.05, 0.1) is 11.4 Å². The second-order valence-electron chi connectivity index (χ2n) is 6.63. The molecule has 2 aromatic rings. The van der Waals surface area contributed by atoms with Gasteiger partial charge in [-0.1, -0.05) is 38.0 Å². The summed E-state index contributed by atoms with van der Waals surface area (Å²) in [7, 11) is 1.86. The minimum absolute atomic E-state index is 0. The molecule has 136 valence electrons. The first kappa shape index (κ1) is 19.5. The number of benzene rings is 1. The molecule has 1 aliphatic rings. The Morgan fingerprint density at radius 3 is 2.60 bits per heavy atom. The van der Waals surface area contributed by atoms with E-state index in [4.69, 9.17) is 5.10 Å². The number of halogens is 1. The van der Waals surface area contributed by atoms with Gasteiger partial charge in [-0.2, -0.15) is 5.10 Å². The van der Waals surface area contributed by atoms with Crippen LogP contribution in [-0.4, -0.2) is 29.3 Å². The Morgan fingerprint density at radius 2 is 1.96 bits per heavy atom. The van der Waals surface area contributed by atoms with Crippen molar-refractivity contribution in [3.63, 3.8) is 0 Å². The lowest BCUT2D eigenvalue weighted by Gasteiger charge is -2.13. The Bertz CT molecular complexity index is 680. The zero-order valence-electron chi connectivity index (χ0n) is 14.9. The lowest BCUT2D eigenvalue weighted by Crippen LogP contribution is -2.29. The largest absolute Gasteiger partial charge is 0.319 e. The summed E-state index contributed by atoms with van der Waals surface area (Å²) in [4.78, 5) is 12.4. The van der Waals surface area contributed by atoms with E-state index in [0.29, 0.717) is 12.5 Å². The van der Waals surface area contributed by atoms with E-state index in [1.165, 1.54) is 25.7 Å². The summed E-state index contributed by atoms with van der Waals surface area (Å²) in [6.07, 6.45) is 4.91. The molecular weight excluding hydrogens is 336 g/mol. The van der Waals surface area contributed by atoms with E-state index in [9.17, 15) is 4.79 Å². The predicted molar refractivity (Wildman–Crippen MR) is 104 cm³/mol. The maximum absolute atomic E-state index is 12.4. The van der Waals surface area contributed by atoms with Gasteiger partial charge in [0, 0.05) is 24.4 Å². The van der Waals surface area contributed by atoms with Crippen LogP contribution in [0.2, 0.25) is 0 Å². The molecule has 25 heavy (non-hydrogen) atoms. The second-order valence-corrected chi connectivity index (χ2v) is 6.63. The van der Waals surface area contributed by atoms with E-state index < -0.39 is 0 Å². The summed E-state index contributed by atoms with van der Waals surface area (Å²) in [6.45, 7) is 2.58. The molecule has 1 atom stereocenters. The van der Waals surface area contributed by atoms with Crippen molar-refractivity contribution in [2.24, 2.45) is 5.92 Å². The van der Waals surface area contributed by atoms with Crippen LogP contribution in [-0.2, 0) is 4.79 Å². The molecule has 1 heterocycles. The first-order valence-corrected chi connectivity index (χ1v) is 8.80. The Labute approximate surface area is 155 Å². The highest BCUT2D eigenvalue weighted by atomic mass is 35.5. The molecule has 1 aliphatic carbocycles. The van der Waals surface area contributed by atoms with Crippen LogP contribution in [0.3, 0.4) is 0 Å². The number of rotatable bonds is 6. The molecular formula is C19H27ClN4O. The molecule has 0 radical (unpaired) electrons. The van der Waals surface area contributed by atoms with Crippen LogP contribution in [0.15, 0.2) is 36.4 Å². The van der Waals surface area contributed by atoms with Crippen molar-refractivity contribution in [2.75, 3.05) is 18.9 Å². The minimum atomic E-state index is -0.0935. The van der Waals surface area contributed by atoms with Crippen LogP contribution in [0.25, 0.3) is 5.69 Å². The fraction of sp³-hybridized carbons (Fsp3) is 0.474. The van der Waals surface area contributed by atoms with Crippen molar-refractivity contribution in [1.29, 1.82) is 0 Å². The molecule has 1 saturated carbocycles. The molecule has 6 heteroatoms. The molecule has 3 rings (SSSR count). The van der Waals surface area contributed by atoms with Gasteiger partial charge in [-0.15, -0.1) is 12.4 Å². The lowest BCUT2D eigenvalue weighted by atomic mass is 10.0. The molecule has 0 aliphatic heterocycles. The maximum atomic E-state index is 12.4. The Balaban J connectivity index is 0.00000225. The molecule has 1 amide bonds. The van der Waals surface area contributed by atoms with Crippen LogP contribution >= 0.6 is 12.4 Å². The molecule has 2 N–H and O–H groups in total. The Morgan fingerprint density at radius 1 is 1.28 bits per heavy atom. The third-order valence-electron chi connectivity index (χ3n) is 4.71. The summed E-state index contributed by atoms with van der Waals surface area (Å²) in [5, 5.41) is 10.9. The molecule has 0 saturated heterocycles. The zero-order valence-corrected chi connectivity index (χ0v) is 15.7.